The van der Waals surface area contributed by atoms with E-state index in [0.717, 1.165) is 29.2 Å². The number of aryl methyl sites for hydroxylation is 3. The molecule has 30 heavy (non-hydrogen) atoms. The second kappa shape index (κ2) is 6.73. The molecule has 1 fully saturated rings. The summed E-state index contributed by atoms with van der Waals surface area (Å²) in [6.45, 7) is 8.89. The molecule has 0 aliphatic heterocycles. The first-order valence-corrected chi connectivity index (χ1v) is 10.6. The summed E-state index contributed by atoms with van der Waals surface area (Å²) in [6, 6.07) is 18.9. The summed E-state index contributed by atoms with van der Waals surface area (Å²) in [4.78, 5) is 0. The molecule has 3 aromatic carbocycles. The largest absolute Gasteiger partial charge is 0.455 e. The molecular formula is C27H27NO2. The molecular weight excluding hydrogens is 370 g/mol. The Morgan fingerprint density at radius 3 is 2.37 bits per heavy atom. The van der Waals surface area contributed by atoms with Gasteiger partial charge in [-0.3, -0.25) is 0 Å². The number of benzene rings is 3. The Hall–Kier alpha value is -3.07. The Labute approximate surface area is 177 Å². The van der Waals surface area contributed by atoms with Crippen molar-refractivity contribution in [2.45, 2.75) is 46.0 Å². The van der Waals surface area contributed by atoms with E-state index >= 15 is 0 Å². The molecule has 3 heteroatoms. The van der Waals surface area contributed by atoms with E-state index in [-0.39, 0.29) is 11.3 Å². The summed E-state index contributed by atoms with van der Waals surface area (Å²) >= 11 is 0. The topological polar surface area (TPSA) is 45.7 Å². The normalized spacial score (nSPS) is 21.9. The molecule has 0 unspecified atom stereocenters. The van der Waals surface area contributed by atoms with Gasteiger partial charge in [-0.25, -0.2) is 0 Å². The molecule has 1 heterocycles. The highest BCUT2D eigenvalue weighted by Gasteiger charge is 2.46. The van der Waals surface area contributed by atoms with Crippen molar-refractivity contribution >= 4 is 27.5 Å². The maximum absolute atomic E-state index is 9.87. The lowest BCUT2D eigenvalue weighted by atomic mass is 9.57. The van der Waals surface area contributed by atoms with Crippen molar-refractivity contribution in [1.29, 1.82) is 0 Å². The second-order valence-corrected chi connectivity index (χ2v) is 9.23. The molecule has 3 nitrogen and oxygen atoms in total. The fourth-order valence-electron chi connectivity index (χ4n) is 5.81. The Balaban J connectivity index is 1.48. The highest BCUT2D eigenvalue weighted by Crippen LogP contribution is 2.51. The maximum atomic E-state index is 9.87. The van der Waals surface area contributed by atoms with Crippen molar-refractivity contribution in [1.82, 2.24) is 0 Å². The van der Waals surface area contributed by atoms with Crippen LogP contribution in [0.1, 0.15) is 47.8 Å². The van der Waals surface area contributed by atoms with Gasteiger partial charge in [0.15, 0.2) is 5.76 Å². The van der Waals surface area contributed by atoms with Crippen LogP contribution in [0.5, 0.6) is 0 Å². The van der Waals surface area contributed by atoms with Gasteiger partial charge in [-0.2, -0.15) is 0 Å². The molecule has 0 bridgehead atoms. The highest BCUT2D eigenvalue weighted by atomic mass is 16.4. The summed E-state index contributed by atoms with van der Waals surface area (Å²) in [7, 11) is 0. The Morgan fingerprint density at radius 2 is 1.67 bits per heavy atom. The van der Waals surface area contributed by atoms with E-state index in [1.165, 1.54) is 27.6 Å². The van der Waals surface area contributed by atoms with Gasteiger partial charge in [0, 0.05) is 11.3 Å². The van der Waals surface area contributed by atoms with Crippen molar-refractivity contribution in [3.63, 3.8) is 0 Å². The molecule has 1 aliphatic carbocycles. The van der Waals surface area contributed by atoms with Crippen LogP contribution in [0.25, 0.3) is 21.7 Å². The van der Waals surface area contributed by atoms with Crippen LogP contribution < -0.4 is 0 Å². The molecule has 1 N–H and O–H groups in total. The second-order valence-electron chi connectivity index (χ2n) is 9.23. The van der Waals surface area contributed by atoms with E-state index in [1.807, 2.05) is 24.3 Å². The highest BCUT2D eigenvalue weighted by molar-refractivity contribution is 6.10. The molecule has 152 valence electrons. The van der Waals surface area contributed by atoms with Gasteiger partial charge in [-0.15, -0.1) is 0 Å². The number of hydrogen-bond acceptors (Lipinski definition) is 3. The zero-order valence-electron chi connectivity index (χ0n) is 18.0. The fourth-order valence-corrected chi connectivity index (χ4v) is 5.81. The van der Waals surface area contributed by atoms with Gasteiger partial charge < -0.3 is 9.62 Å². The van der Waals surface area contributed by atoms with E-state index in [0.29, 0.717) is 11.5 Å². The lowest BCUT2D eigenvalue weighted by molar-refractivity contribution is 0.207. The molecule has 0 atom stereocenters. The molecule has 0 saturated heterocycles. The minimum atomic E-state index is 0.0984. The smallest absolute Gasteiger partial charge is 0.153 e. The van der Waals surface area contributed by atoms with Gasteiger partial charge in [-0.05, 0) is 78.6 Å². The van der Waals surface area contributed by atoms with E-state index in [9.17, 15) is 5.21 Å². The van der Waals surface area contributed by atoms with E-state index in [4.69, 9.17) is 4.42 Å². The predicted molar refractivity (Wildman–Crippen MR) is 123 cm³/mol. The molecule has 1 saturated carbocycles. The van der Waals surface area contributed by atoms with Crippen molar-refractivity contribution in [3.05, 3.63) is 82.6 Å². The molecule has 5 rings (SSSR count). The van der Waals surface area contributed by atoms with Gasteiger partial charge in [0.2, 0.25) is 0 Å². The molecule has 0 spiro atoms. The van der Waals surface area contributed by atoms with Crippen molar-refractivity contribution in [2.75, 3.05) is 0 Å². The molecule has 4 aromatic rings. The summed E-state index contributed by atoms with van der Waals surface area (Å²) < 4.78 is 6.13. The Kier molecular flexibility index (Phi) is 4.25. The molecule has 1 aliphatic rings. The third-order valence-electron chi connectivity index (χ3n) is 6.85. The van der Waals surface area contributed by atoms with Gasteiger partial charge in [-0.1, -0.05) is 60.1 Å². The van der Waals surface area contributed by atoms with Crippen LogP contribution in [0.3, 0.4) is 0 Å². The maximum Gasteiger partial charge on any atom is 0.153 e. The van der Waals surface area contributed by atoms with Gasteiger partial charge >= 0.3 is 0 Å². The van der Waals surface area contributed by atoms with Crippen LogP contribution >= 0.6 is 0 Å². The monoisotopic (exact) mass is 397 g/mol. The van der Waals surface area contributed by atoms with E-state index < -0.39 is 0 Å². The fraction of sp³-hybridized carbons (Fsp3) is 0.296. The third-order valence-corrected chi connectivity index (χ3v) is 6.85. The number of nitrogens with zero attached hydrogens (tertiary/aromatic N) is 1. The number of furan rings is 1. The average molecular weight is 398 g/mol. The lowest BCUT2D eigenvalue weighted by Gasteiger charge is -2.47. The van der Waals surface area contributed by atoms with Gasteiger partial charge in [0.1, 0.15) is 11.3 Å². The number of hydrogen-bond donors (Lipinski definition) is 1. The van der Waals surface area contributed by atoms with Crippen LogP contribution in [0.2, 0.25) is 0 Å². The first kappa shape index (κ1) is 18.9. The van der Waals surface area contributed by atoms with Crippen LogP contribution in [0.15, 0.2) is 64.2 Å². The lowest BCUT2D eigenvalue weighted by Crippen LogP contribution is -2.43. The quantitative estimate of drug-likeness (QED) is 0.228. The molecule has 1 aromatic heterocycles. The Bertz CT molecular complexity index is 1280. The molecule has 0 radical (unpaired) electrons. The number of oxime groups is 1. The van der Waals surface area contributed by atoms with Crippen molar-refractivity contribution in [3.8, 4) is 0 Å². The van der Waals surface area contributed by atoms with Crippen molar-refractivity contribution in [2.24, 2.45) is 11.1 Å². The van der Waals surface area contributed by atoms with Crippen LogP contribution in [-0.2, 0) is 5.41 Å². The Morgan fingerprint density at radius 1 is 0.967 bits per heavy atom. The summed E-state index contributed by atoms with van der Waals surface area (Å²) in [6.07, 6.45) is 1.91. The average Bonchev–Trinajstić information content (AvgIpc) is 3.11. The van der Waals surface area contributed by atoms with Crippen LogP contribution in [0.4, 0.5) is 0 Å². The zero-order chi connectivity index (χ0) is 21.0. The SMILES string of the molecule is Cc1cc(C)c(C2(C)CC(C(=NO)c3cc4c(ccc5ccccc54)o3)C2)c(C)c1. The standard InChI is InChI=1S/C27H27NO2/c1-16-11-17(2)25(18(3)12-16)27(4)14-20(15-27)26(28-29)24-13-22-21-8-6-5-7-19(21)9-10-23(22)30-24/h5-13,20,29H,14-15H2,1-4H3. The summed E-state index contributed by atoms with van der Waals surface area (Å²) in [5.74, 6) is 0.861. The van der Waals surface area contributed by atoms with Gasteiger partial charge in [0.05, 0.1) is 0 Å². The van der Waals surface area contributed by atoms with Gasteiger partial charge in [0.25, 0.3) is 0 Å². The first-order chi connectivity index (χ1) is 14.4. The number of fused-ring (bicyclic) bond motifs is 3. The first-order valence-electron chi connectivity index (χ1n) is 10.6. The predicted octanol–water partition coefficient (Wildman–Crippen LogP) is 7.06. The summed E-state index contributed by atoms with van der Waals surface area (Å²) in [5, 5.41) is 17.0. The minimum Gasteiger partial charge on any atom is -0.455 e. The van der Waals surface area contributed by atoms with Crippen LogP contribution in [-0.4, -0.2) is 10.9 Å². The third kappa shape index (κ3) is 2.84. The minimum absolute atomic E-state index is 0.0984. The van der Waals surface area contributed by atoms with Crippen LogP contribution in [0, 0.1) is 26.7 Å². The van der Waals surface area contributed by atoms with Crippen molar-refractivity contribution < 1.29 is 9.62 Å². The molecule has 0 amide bonds. The summed E-state index contributed by atoms with van der Waals surface area (Å²) in [5.41, 5.74) is 7.04. The zero-order valence-corrected chi connectivity index (χ0v) is 18.0. The number of rotatable bonds is 3. The van der Waals surface area contributed by atoms with E-state index in [1.54, 1.807) is 0 Å². The van der Waals surface area contributed by atoms with E-state index in [2.05, 4.69) is 63.2 Å².